The minimum atomic E-state index is -0.403. The summed E-state index contributed by atoms with van der Waals surface area (Å²) in [7, 11) is 1.65. The van der Waals surface area contributed by atoms with Gasteiger partial charge in [0.2, 0.25) is 0 Å². The lowest BCUT2D eigenvalue weighted by molar-refractivity contribution is -0.117. The molecule has 2 aliphatic carbocycles. The Bertz CT molecular complexity index is 1850. The highest BCUT2D eigenvalue weighted by Gasteiger charge is 2.43. The van der Waals surface area contributed by atoms with Crippen LogP contribution in [-0.4, -0.2) is 23.6 Å². The van der Waals surface area contributed by atoms with Gasteiger partial charge in [0, 0.05) is 53.4 Å². The quantitative estimate of drug-likeness (QED) is 0.180. The van der Waals surface area contributed by atoms with E-state index in [-0.39, 0.29) is 11.6 Å². The number of ketones is 2. The fourth-order valence-electron chi connectivity index (χ4n) is 7.33. The van der Waals surface area contributed by atoms with Crippen LogP contribution in [0.3, 0.4) is 0 Å². The molecule has 0 spiro atoms. The van der Waals surface area contributed by atoms with Gasteiger partial charge in [0.15, 0.2) is 23.1 Å². The second-order valence-electron chi connectivity index (χ2n) is 12.2. The van der Waals surface area contributed by atoms with Gasteiger partial charge in [0.1, 0.15) is 6.61 Å². The second kappa shape index (κ2) is 12.5. The Hall–Kier alpha value is -3.91. The van der Waals surface area contributed by atoms with Crippen LogP contribution in [0.5, 0.6) is 11.5 Å². The Kier molecular flexibility index (Phi) is 8.25. The van der Waals surface area contributed by atoms with E-state index in [1.165, 1.54) is 21.9 Å². The van der Waals surface area contributed by atoms with Gasteiger partial charge in [-0.3, -0.25) is 9.59 Å². The monoisotopic (exact) mass is 709 g/mol. The van der Waals surface area contributed by atoms with Crippen LogP contribution in [0, 0.1) is 10.5 Å². The van der Waals surface area contributed by atoms with Crippen LogP contribution in [0.4, 0.5) is 0 Å². The number of nitrogens with zero attached hydrogens (tertiary/aromatic N) is 1. The summed E-state index contributed by atoms with van der Waals surface area (Å²) in [5.74, 6) is 1.16. The molecular weight excluding hydrogens is 673 g/mol. The van der Waals surface area contributed by atoms with E-state index in [2.05, 4.69) is 89.0 Å². The molecule has 6 heteroatoms. The molecule has 0 saturated heterocycles. The zero-order valence-corrected chi connectivity index (χ0v) is 27.9. The van der Waals surface area contributed by atoms with E-state index in [0.717, 1.165) is 62.9 Å². The number of allylic oxidation sites excluding steroid dienone is 4. The molecule has 0 bridgehead atoms. The fourth-order valence-corrected chi connectivity index (χ4v) is 8.12. The first-order chi connectivity index (χ1) is 21.9. The van der Waals surface area contributed by atoms with Crippen LogP contribution in [-0.2, 0) is 22.7 Å². The van der Waals surface area contributed by atoms with Crippen molar-refractivity contribution in [3.63, 3.8) is 0 Å². The van der Waals surface area contributed by atoms with Crippen molar-refractivity contribution >= 4 is 44.9 Å². The van der Waals surface area contributed by atoms with Crippen LogP contribution in [0.25, 0.3) is 10.8 Å². The maximum atomic E-state index is 13.8. The smallest absolute Gasteiger partial charge is 0.174 e. The Morgan fingerprint density at radius 3 is 2.18 bits per heavy atom. The normalized spacial score (nSPS) is 17.1. The zero-order chi connectivity index (χ0) is 31.1. The molecule has 0 amide bonds. The summed E-state index contributed by atoms with van der Waals surface area (Å²) in [5.41, 5.74) is 8.12. The average Bonchev–Trinajstić information content (AvgIpc) is 3.05. The van der Waals surface area contributed by atoms with Crippen LogP contribution < -0.4 is 9.47 Å². The Balaban J connectivity index is 1.31. The maximum absolute atomic E-state index is 13.8. The third-order valence-corrected chi connectivity index (χ3v) is 10.3. The van der Waals surface area contributed by atoms with Gasteiger partial charge < -0.3 is 14.4 Å². The number of fused-ring (bicyclic) bond motifs is 1. The molecule has 0 saturated carbocycles. The molecular formula is C39H36INO4. The lowest BCUT2D eigenvalue weighted by Gasteiger charge is -2.44. The van der Waals surface area contributed by atoms with Crippen LogP contribution in [0.15, 0.2) is 101 Å². The van der Waals surface area contributed by atoms with Gasteiger partial charge in [-0.05, 0) is 94.8 Å². The number of hydrogen-bond acceptors (Lipinski definition) is 5. The number of rotatable bonds is 7. The first-order valence-corrected chi connectivity index (χ1v) is 16.8. The highest BCUT2D eigenvalue weighted by atomic mass is 127. The SMILES string of the molecule is COc1cc(C2C3=C(CCCC3=O)N(Cc3ccccc3)C3=C2C(=O)CCC3)cc(I)c1OCc1c(C)ccc2ccccc12. The van der Waals surface area contributed by atoms with Crippen molar-refractivity contribution in [1.29, 1.82) is 0 Å². The van der Waals surface area contributed by atoms with Crippen molar-refractivity contribution in [2.45, 2.75) is 64.5 Å². The molecule has 4 aromatic carbocycles. The molecule has 0 atom stereocenters. The first kappa shape index (κ1) is 29.8. The summed E-state index contributed by atoms with van der Waals surface area (Å²) in [6.07, 6.45) is 4.32. The molecule has 0 aromatic heterocycles. The summed E-state index contributed by atoms with van der Waals surface area (Å²) in [6.45, 7) is 3.17. The van der Waals surface area contributed by atoms with E-state index >= 15 is 0 Å². The molecule has 0 radical (unpaired) electrons. The number of hydrogen-bond donors (Lipinski definition) is 0. The van der Waals surface area contributed by atoms with Gasteiger partial charge in [-0.2, -0.15) is 0 Å². The lowest BCUT2D eigenvalue weighted by Crippen LogP contribution is -2.38. The van der Waals surface area contributed by atoms with E-state index in [0.29, 0.717) is 37.5 Å². The summed E-state index contributed by atoms with van der Waals surface area (Å²) in [4.78, 5) is 29.9. The number of carbonyl (C=O) groups excluding carboxylic acids is 2. The number of Topliss-reactive ketones (excluding diaryl/α,β-unsaturated/α-hetero) is 2. The Morgan fingerprint density at radius 2 is 1.49 bits per heavy atom. The number of benzene rings is 4. The van der Waals surface area contributed by atoms with Gasteiger partial charge in [-0.25, -0.2) is 0 Å². The third-order valence-electron chi connectivity index (χ3n) is 9.49. The minimum absolute atomic E-state index is 0.143. The van der Waals surface area contributed by atoms with Gasteiger partial charge in [0.05, 0.1) is 10.7 Å². The summed E-state index contributed by atoms with van der Waals surface area (Å²) >= 11 is 2.31. The van der Waals surface area contributed by atoms with E-state index in [4.69, 9.17) is 9.47 Å². The molecule has 3 aliphatic rings. The lowest BCUT2D eigenvalue weighted by atomic mass is 9.71. The standard InChI is InChI=1S/C39H36INO4/c1-24-18-19-26-12-6-7-13-28(26)29(24)23-45-39-30(40)20-27(21-35(39)44-2)36-37-31(14-8-16-33(37)42)41(22-25-10-4-3-5-11-25)32-15-9-17-34(43)38(32)36/h3-7,10-13,18-21,36H,8-9,14-17,22-23H2,1-2H3. The van der Waals surface area contributed by atoms with Crippen molar-refractivity contribution in [3.05, 3.63) is 127 Å². The number of halogens is 1. The Morgan fingerprint density at radius 1 is 0.822 bits per heavy atom. The van der Waals surface area contributed by atoms with E-state index in [1.54, 1.807) is 7.11 Å². The van der Waals surface area contributed by atoms with Gasteiger partial charge in [-0.1, -0.05) is 66.7 Å². The highest BCUT2D eigenvalue weighted by molar-refractivity contribution is 14.1. The molecule has 0 fully saturated rings. The number of aryl methyl sites for hydroxylation is 1. The third kappa shape index (κ3) is 5.47. The topological polar surface area (TPSA) is 55.8 Å². The van der Waals surface area contributed by atoms with Crippen molar-refractivity contribution in [2.75, 3.05) is 7.11 Å². The average molecular weight is 710 g/mol. The van der Waals surface area contributed by atoms with Crippen LogP contribution in [0.2, 0.25) is 0 Å². The van der Waals surface area contributed by atoms with E-state index in [1.807, 2.05) is 24.3 Å². The predicted octanol–water partition coefficient (Wildman–Crippen LogP) is 8.95. The van der Waals surface area contributed by atoms with Gasteiger partial charge in [0.25, 0.3) is 0 Å². The fraction of sp³-hybridized carbons (Fsp3) is 0.282. The van der Waals surface area contributed by atoms with Crippen molar-refractivity contribution in [2.24, 2.45) is 0 Å². The molecule has 1 heterocycles. The van der Waals surface area contributed by atoms with Crippen LogP contribution in [0.1, 0.15) is 66.7 Å². The van der Waals surface area contributed by atoms with Crippen molar-refractivity contribution < 1.29 is 19.1 Å². The number of carbonyl (C=O) groups is 2. The number of ether oxygens (including phenoxy) is 2. The summed E-state index contributed by atoms with van der Waals surface area (Å²) < 4.78 is 13.4. The molecule has 5 nitrogen and oxygen atoms in total. The first-order valence-electron chi connectivity index (χ1n) is 15.8. The molecule has 1 aliphatic heterocycles. The molecule has 45 heavy (non-hydrogen) atoms. The largest absolute Gasteiger partial charge is 0.493 e. The molecule has 4 aromatic rings. The van der Waals surface area contributed by atoms with Crippen LogP contribution >= 0.6 is 22.6 Å². The van der Waals surface area contributed by atoms with Gasteiger partial charge >= 0.3 is 0 Å². The Labute approximate surface area is 278 Å². The summed E-state index contributed by atoms with van der Waals surface area (Å²) in [5, 5.41) is 2.36. The summed E-state index contributed by atoms with van der Waals surface area (Å²) in [6, 6.07) is 27.1. The molecule has 0 unspecified atom stereocenters. The maximum Gasteiger partial charge on any atom is 0.174 e. The van der Waals surface area contributed by atoms with Crippen molar-refractivity contribution in [3.8, 4) is 11.5 Å². The number of methoxy groups -OCH3 is 1. The minimum Gasteiger partial charge on any atom is -0.493 e. The van der Waals surface area contributed by atoms with Gasteiger partial charge in [-0.15, -0.1) is 0 Å². The van der Waals surface area contributed by atoms with E-state index < -0.39 is 5.92 Å². The van der Waals surface area contributed by atoms with Crippen molar-refractivity contribution in [1.82, 2.24) is 4.90 Å². The van der Waals surface area contributed by atoms with E-state index in [9.17, 15) is 9.59 Å². The second-order valence-corrected chi connectivity index (χ2v) is 13.3. The molecule has 0 N–H and O–H groups in total. The highest BCUT2D eigenvalue weighted by Crippen LogP contribution is 2.51. The molecule has 228 valence electrons. The molecule has 7 rings (SSSR count). The zero-order valence-electron chi connectivity index (χ0n) is 25.7. The predicted molar refractivity (Wildman–Crippen MR) is 185 cm³/mol.